The van der Waals surface area contributed by atoms with Crippen LogP contribution in [0.3, 0.4) is 0 Å². The summed E-state index contributed by atoms with van der Waals surface area (Å²) in [7, 11) is 0. The number of para-hydroxylation sites is 1. The number of hydrogen-bond acceptors (Lipinski definition) is 5. The van der Waals surface area contributed by atoms with Gasteiger partial charge in [0.2, 0.25) is 5.91 Å². The minimum Gasteiger partial charge on any atom is -0.481 e. The maximum absolute atomic E-state index is 12.1. The fourth-order valence-corrected chi connectivity index (χ4v) is 3.32. The lowest BCUT2D eigenvalue weighted by molar-refractivity contribution is -0.156. The second-order valence-electron chi connectivity index (χ2n) is 6.53. The van der Waals surface area contributed by atoms with E-state index in [0.717, 1.165) is 11.1 Å². The quantitative estimate of drug-likeness (QED) is 0.541. The molecular formula is C21H22BrClN2O5. The Morgan fingerprint density at radius 3 is 2.43 bits per heavy atom. The van der Waals surface area contributed by atoms with Crippen molar-refractivity contribution in [1.82, 2.24) is 5.32 Å². The third kappa shape index (κ3) is 7.03. The Hall–Kier alpha value is -2.58. The molecule has 7 nitrogen and oxygen atoms in total. The molecule has 0 aromatic heterocycles. The number of ether oxygens (including phenoxy) is 2. The van der Waals surface area contributed by atoms with E-state index in [2.05, 4.69) is 26.6 Å². The Labute approximate surface area is 188 Å². The van der Waals surface area contributed by atoms with Gasteiger partial charge in [-0.15, -0.1) is 0 Å². The number of rotatable bonds is 8. The monoisotopic (exact) mass is 496 g/mol. The number of esters is 1. The van der Waals surface area contributed by atoms with E-state index in [1.165, 1.54) is 6.92 Å². The minimum atomic E-state index is -1.08. The molecule has 2 amide bonds. The fourth-order valence-electron chi connectivity index (χ4n) is 2.52. The second kappa shape index (κ2) is 11.0. The first-order valence-electron chi connectivity index (χ1n) is 9.08. The molecule has 160 valence electrons. The van der Waals surface area contributed by atoms with Crippen molar-refractivity contribution in [1.29, 1.82) is 0 Å². The van der Waals surface area contributed by atoms with Gasteiger partial charge in [-0.25, -0.2) is 4.79 Å². The van der Waals surface area contributed by atoms with Gasteiger partial charge in [0.25, 0.3) is 5.91 Å². The molecule has 2 N–H and O–H groups in total. The lowest BCUT2D eigenvalue weighted by atomic mass is 10.1. The fraction of sp³-hybridized carbons (Fsp3) is 0.286. The normalized spacial score (nSPS) is 11.4. The summed E-state index contributed by atoms with van der Waals surface area (Å²) in [6, 6.07) is 10.5. The van der Waals surface area contributed by atoms with Crippen molar-refractivity contribution in [2.24, 2.45) is 0 Å². The second-order valence-corrected chi connectivity index (χ2v) is 7.82. The molecule has 9 heteroatoms. The molecular weight excluding hydrogens is 476 g/mol. The lowest BCUT2D eigenvalue weighted by Crippen LogP contribution is -2.40. The van der Waals surface area contributed by atoms with E-state index in [1.54, 1.807) is 18.2 Å². The molecule has 0 spiro atoms. The highest BCUT2D eigenvalue weighted by molar-refractivity contribution is 9.10. The van der Waals surface area contributed by atoms with Gasteiger partial charge in [-0.05, 0) is 66.0 Å². The van der Waals surface area contributed by atoms with Crippen molar-refractivity contribution in [3.8, 4) is 5.75 Å². The van der Waals surface area contributed by atoms with Crippen molar-refractivity contribution < 1.29 is 23.9 Å². The van der Waals surface area contributed by atoms with Crippen molar-refractivity contribution in [2.45, 2.75) is 26.9 Å². The van der Waals surface area contributed by atoms with E-state index < -0.39 is 18.0 Å². The Kier molecular flexibility index (Phi) is 8.68. The Morgan fingerprint density at radius 1 is 1.13 bits per heavy atom. The van der Waals surface area contributed by atoms with Gasteiger partial charge in [-0.3, -0.25) is 9.59 Å². The standard InChI is InChI=1S/C21H22BrClN2O5/c1-12-5-4-6-13(2)20(12)25-18(26)10-24-21(28)14(3)30-19(27)11-29-17-8-7-15(23)9-16(17)22/h4-9,14H,10-11H2,1-3H3,(H,24,28)(H,25,26). The van der Waals surface area contributed by atoms with Crippen LogP contribution in [0.5, 0.6) is 5.75 Å². The first-order valence-corrected chi connectivity index (χ1v) is 10.3. The van der Waals surface area contributed by atoms with Crippen LogP contribution < -0.4 is 15.4 Å². The third-order valence-corrected chi connectivity index (χ3v) is 4.94. The summed E-state index contributed by atoms with van der Waals surface area (Å²) in [6.07, 6.45) is -1.08. The molecule has 0 bridgehead atoms. The zero-order valence-corrected chi connectivity index (χ0v) is 19.1. The van der Waals surface area contributed by atoms with E-state index >= 15 is 0 Å². The summed E-state index contributed by atoms with van der Waals surface area (Å²) in [4.78, 5) is 36.1. The number of benzene rings is 2. The van der Waals surface area contributed by atoms with E-state index in [4.69, 9.17) is 21.1 Å². The predicted octanol–water partition coefficient (Wildman–Crippen LogP) is 3.78. The molecule has 1 atom stereocenters. The Morgan fingerprint density at radius 2 is 1.80 bits per heavy atom. The lowest BCUT2D eigenvalue weighted by Gasteiger charge is -2.15. The minimum absolute atomic E-state index is 0.247. The van der Waals surface area contributed by atoms with Crippen molar-refractivity contribution in [2.75, 3.05) is 18.5 Å². The first-order chi connectivity index (χ1) is 14.2. The Balaban J connectivity index is 1.77. The molecule has 0 radical (unpaired) electrons. The number of halogens is 2. The van der Waals surface area contributed by atoms with Crippen LogP contribution in [0, 0.1) is 13.8 Å². The maximum Gasteiger partial charge on any atom is 0.344 e. The molecule has 30 heavy (non-hydrogen) atoms. The number of carbonyl (C=O) groups is 3. The van der Waals surface area contributed by atoms with Crippen LogP contribution in [0.4, 0.5) is 5.69 Å². The Bertz CT molecular complexity index is 931. The molecule has 2 aromatic rings. The highest BCUT2D eigenvalue weighted by atomic mass is 79.9. The highest BCUT2D eigenvalue weighted by Crippen LogP contribution is 2.27. The summed E-state index contributed by atoms with van der Waals surface area (Å²) in [5, 5.41) is 5.73. The number of anilines is 1. The van der Waals surface area contributed by atoms with Crippen LogP contribution in [-0.2, 0) is 19.1 Å². The first kappa shape index (κ1) is 23.7. The molecule has 0 aliphatic rings. The molecule has 0 heterocycles. The molecule has 0 saturated heterocycles. The van der Waals surface area contributed by atoms with Gasteiger partial charge >= 0.3 is 5.97 Å². The van der Waals surface area contributed by atoms with Crippen LogP contribution in [0.15, 0.2) is 40.9 Å². The van der Waals surface area contributed by atoms with Gasteiger partial charge in [0, 0.05) is 10.7 Å². The molecule has 2 rings (SSSR count). The van der Waals surface area contributed by atoms with Crippen LogP contribution in [-0.4, -0.2) is 37.0 Å². The zero-order valence-electron chi connectivity index (χ0n) is 16.8. The SMILES string of the molecule is Cc1cccc(C)c1NC(=O)CNC(=O)C(C)OC(=O)COc1ccc(Cl)cc1Br. The summed E-state index contributed by atoms with van der Waals surface area (Å²) in [5.74, 6) is -1.28. The molecule has 2 aromatic carbocycles. The van der Waals surface area contributed by atoms with Gasteiger partial charge in [0.15, 0.2) is 12.7 Å². The average Bonchev–Trinajstić information content (AvgIpc) is 2.68. The van der Waals surface area contributed by atoms with Crippen molar-refractivity contribution in [3.63, 3.8) is 0 Å². The largest absolute Gasteiger partial charge is 0.481 e. The van der Waals surface area contributed by atoms with Gasteiger partial charge in [0.1, 0.15) is 5.75 Å². The third-order valence-electron chi connectivity index (χ3n) is 4.09. The topological polar surface area (TPSA) is 93.7 Å². The van der Waals surface area contributed by atoms with Gasteiger partial charge in [-0.2, -0.15) is 0 Å². The molecule has 0 aliphatic carbocycles. The summed E-state index contributed by atoms with van der Waals surface area (Å²) in [6.45, 7) is 4.54. The van der Waals surface area contributed by atoms with E-state index in [1.807, 2.05) is 32.0 Å². The smallest absolute Gasteiger partial charge is 0.344 e. The predicted molar refractivity (Wildman–Crippen MR) is 118 cm³/mol. The van der Waals surface area contributed by atoms with Crippen LogP contribution in [0.25, 0.3) is 0 Å². The van der Waals surface area contributed by atoms with Crippen LogP contribution in [0.2, 0.25) is 5.02 Å². The van der Waals surface area contributed by atoms with Crippen molar-refractivity contribution in [3.05, 3.63) is 57.0 Å². The van der Waals surface area contributed by atoms with Gasteiger partial charge in [0.05, 0.1) is 11.0 Å². The molecule has 1 unspecified atom stereocenters. The maximum atomic E-state index is 12.1. The van der Waals surface area contributed by atoms with Crippen molar-refractivity contribution >= 4 is 51.0 Å². The van der Waals surface area contributed by atoms with Gasteiger partial charge < -0.3 is 20.1 Å². The van der Waals surface area contributed by atoms with Crippen LogP contribution >= 0.6 is 27.5 Å². The van der Waals surface area contributed by atoms with E-state index in [0.29, 0.717) is 20.9 Å². The number of hydrogen-bond donors (Lipinski definition) is 2. The summed E-state index contributed by atoms with van der Waals surface area (Å²) in [5.41, 5.74) is 2.55. The number of aryl methyl sites for hydroxylation is 2. The van der Waals surface area contributed by atoms with Crippen LogP contribution in [0.1, 0.15) is 18.1 Å². The highest BCUT2D eigenvalue weighted by Gasteiger charge is 2.19. The number of carbonyl (C=O) groups excluding carboxylic acids is 3. The number of amides is 2. The zero-order chi connectivity index (χ0) is 22.3. The molecule has 0 aliphatic heterocycles. The number of nitrogens with one attached hydrogen (secondary N) is 2. The molecule has 0 fully saturated rings. The van der Waals surface area contributed by atoms with E-state index in [-0.39, 0.29) is 19.1 Å². The average molecular weight is 498 g/mol. The summed E-state index contributed by atoms with van der Waals surface area (Å²) >= 11 is 9.12. The molecule has 0 saturated carbocycles. The van der Waals surface area contributed by atoms with E-state index in [9.17, 15) is 14.4 Å². The summed E-state index contributed by atoms with van der Waals surface area (Å²) < 4.78 is 11.0. The van der Waals surface area contributed by atoms with Gasteiger partial charge in [-0.1, -0.05) is 29.8 Å².